The summed E-state index contributed by atoms with van der Waals surface area (Å²) in [5.41, 5.74) is 0.767. The number of aromatic hydroxyl groups is 1. The van der Waals surface area contributed by atoms with E-state index in [9.17, 15) is 9.90 Å². The molecule has 0 atom stereocenters. The van der Waals surface area contributed by atoms with E-state index in [1.165, 1.54) is 16.7 Å². The lowest BCUT2D eigenvalue weighted by atomic mass is 10.2. The predicted molar refractivity (Wildman–Crippen MR) is 87.8 cm³/mol. The number of aromatic nitrogens is 1. The molecule has 1 aromatic heterocycles. The minimum Gasteiger partial charge on any atom is -0.508 e. The summed E-state index contributed by atoms with van der Waals surface area (Å²) >= 11 is 1.29. The van der Waals surface area contributed by atoms with Crippen LogP contribution in [0.25, 0.3) is 6.08 Å². The standard InChI is InChI=1S/C16H13N3O2S/c1-19-15(21)13(10-11-5-4-6-12(20)9-11)22-16(19)18-14-7-2-3-8-17-14/h2-10,20H,1H3/b13-10-,18-16+. The van der Waals surface area contributed by atoms with Gasteiger partial charge in [0.25, 0.3) is 5.91 Å². The number of phenols is 1. The number of carbonyl (C=O) groups excluding carboxylic acids is 1. The number of rotatable bonds is 2. The fourth-order valence-electron chi connectivity index (χ4n) is 1.94. The van der Waals surface area contributed by atoms with E-state index < -0.39 is 0 Å². The van der Waals surface area contributed by atoms with E-state index in [1.54, 1.807) is 43.6 Å². The SMILES string of the molecule is CN1C(=O)/C(=C/c2cccc(O)c2)S/C1=N/c1ccccn1. The van der Waals surface area contributed by atoms with Crippen molar-refractivity contribution in [3.05, 3.63) is 59.1 Å². The van der Waals surface area contributed by atoms with Crippen molar-refractivity contribution in [2.45, 2.75) is 0 Å². The summed E-state index contributed by atoms with van der Waals surface area (Å²) in [5.74, 6) is 0.604. The molecule has 22 heavy (non-hydrogen) atoms. The number of aliphatic imine (C=N–C) groups is 1. The minimum absolute atomic E-state index is 0.122. The van der Waals surface area contributed by atoms with Gasteiger partial charge in [-0.2, -0.15) is 0 Å². The smallest absolute Gasteiger partial charge is 0.266 e. The van der Waals surface area contributed by atoms with Crippen LogP contribution in [0.3, 0.4) is 0 Å². The summed E-state index contributed by atoms with van der Waals surface area (Å²) in [6.07, 6.45) is 3.40. The number of nitrogens with zero attached hydrogens (tertiary/aromatic N) is 3. The average Bonchev–Trinajstić information content (AvgIpc) is 2.77. The van der Waals surface area contributed by atoms with Gasteiger partial charge in [0.05, 0.1) is 4.91 Å². The number of carbonyl (C=O) groups is 1. The van der Waals surface area contributed by atoms with E-state index in [4.69, 9.17) is 0 Å². The quantitative estimate of drug-likeness (QED) is 0.866. The molecule has 1 amide bonds. The van der Waals surface area contributed by atoms with Crippen LogP contribution in [0.2, 0.25) is 0 Å². The Morgan fingerprint density at radius 3 is 2.86 bits per heavy atom. The van der Waals surface area contributed by atoms with Crippen molar-refractivity contribution in [3.8, 4) is 5.75 Å². The molecule has 0 unspecified atom stereocenters. The second kappa shape index (κ2) is 6.03. The zero-order valence-electron chi connectivity index (χ0n) is 11.8. The molecule has 110 valence electrons. The second-order valence-corrected chi connectivity index (χ2v) is 5.66. The predicted octanol–water partition coefficient (Wildman–Crippen LogP) is 3.02. The first-order valence-corrected chi connectivity index (χ1v) is 7.41. The lowest BCUT2D eigenvalue weighted by Crippen LogP contribution is -2.23. The van der Waals surface area contributed by atoms with E-state index in [-0.39, 0.29) is 11.7 Å². The number of phenolic OH excluding ortho intramolecular Hbond substituents is 1. The molecule has 0 spiro atoms. The molecule has 0 radical (unpaired) electrons. The lowest BCUT2D eigenvalue weighted by Gasteiger charge is -2.06. The number of amides is 1. The van der Waals surface area contributed by atoms with Crippen molar-refractivity contribution in [1.29, 1.82) is 0 Å². The van der Waals surface area contributed by atoms with Gasteiger partial charge in [-0.05, 0) is 47.7 Å². The lowest BCUT2D eigenvalue weighted by molar-refractivity contribution is -0.121. The molecule has 0 bridgehead atoms. The number of benzene rings is 1. The maximum atomic E-state index is 12.3. The number of hydrogen-bond acceptors (Lipinski definition) is 5. The Balaban J connectivity index is 1.90. The van der Waals surface area contributed by atoms with Crippen molar-refractivity contribution < 1.29 is 9.90 Å². The maximum Gasteiger partial charge on any atom is 0.266 e. The van der Waals surface area contributed by atoms with Gasteiger partial charge in [-0.1, -0.05) is 18.2 Å². The van der Waals surface area contributed by atoms with Gasteiger partial charge in [-0.25, -0.2) is 9.98 Å². The van der Waals surface area contributed by atoms with E-state index >= 15 is 0 Å². The van der Waals surface area contributed by atoms with E-state index in [2.05, 4.69) is 9.98 Å². The zero-order valence-corrected chi connectivity index (χ0v) is 12.6. The van der Waals surface area contributed by atoms with Crippen molar-refractivity contribution >= 4 is 34.7 Å². The highest BCUT2D eigenvalue weighted by molar-refractivity contribution is 8.18. The van der Waals surface area contributed by atoms with Gasteiger partial charge in [0.2, 0.25) is 0 Å². The van der Waals surface area contributed by atoms with Gasteiger partial charge in [0.15, 0.2) is 11.0 Å². The molecule has 6 heteroatoms. The highest BCUT2D eigenvalue weighted by atomic mass is 32.2. The van der Waals surface area contributed by atoms with Crippen LogP contribution in [0.1, 0.15) is 5.56 Å². The summed E-state index contributed by atoms with van der Waals surface area (Å²) < 4.78 is 0. The highest BCUT2D eigenvalue weighted by Crippen LogP contribution is 2.33. The van der Waals surface area contributed by atoms with E-state index in [0.29, 0.717) is 15.9 Å². The highest BCUT2D eigenvalue weighted by Gasteiger charge is 2.30. The van der Waals surface area contributed by atoms with Gasteiger partial charge >= 0.3 is 0 Å². The number of amidine groups is 1. The molecule has 2 heterocycles. The van der Waals surface area contributed by atoms with Crippen LogP contribution in [-0.2, 0) is 4.79 Å². The number of likely N-dealkylation sites (N-methyl/N-ethyl adjacent to an activating group) is 1. The molecule has 0 aliphatic carbocycles. The molecule has 1 N–H and O–H groups in total. The van der Waals surface area contributed by atoms with Crippen LogP contribution in [0.5, 0.6) is 5.75 Å². The Bertz CT molecular complexity index is 772. The Hall–Kier alpha value is -2.60. The first-order valence-electron chi connectivity index (χ1n) is 6.60. The third-order valence-electron chi connectivity index (χ3n) is 3.03. The molecule has 5 nitrogen and oxygen atoms in total. The van der Waals surface area contributed by atoms with Crippen LogP contribution in [-0.4, -0.2) is 33.1 Å². The van der Waals surface area contributed by atoms with Gasteiger partial charge in [0, 0.05) is 13.2 Å². The topological polar surface area (TPSA) is 65.8 Å². The third-order valence-corrected chi connectivity index (χ3v) is 4.09. The van der Waals surface area contributed by atoms with Crippen molar-refractivity contribution in [3.63, 3.8) is 0 Å². The first kappa shape index (κ1) is 14.3. The Morgan fingerprint density at radius 2 is 2.14 bits per heavy atom. The Kier molecular flexibility index (Phi) is 3.93. The van der Waals surface area contributed by atoms with Crippen molar-refractivity contribution in [1.82, 2.24) is 9.88 Å². The molecule has 1 aliphatic heterocycles. The summed E-state index contributed by atoms with van der Waals surface area (Å²) in [6.45, 7) is 0. The van der Waals surface area contributed by atoms with E-state index in [1.807, 2.05) is 18.2 Å². The zero-order chi connectivity index (χ0) is 15.5. The minimum atomic E-state index is -0.122. The summed E-state index contributed by atoms with van der Waals surface area (Å²) in [4.78, 5) is 22.8. The average molecular weight is 311 g/mol. The van der Waals surface area contributed by atoms with Crippen LogP contribution in [0, 0.1) is 0 Å². The molecule has 0 saturated carbocycles. The van der Waals surface area contributed by atoms with Crippen molar-refractivity contribution in [2.75, 3.05) is 7.05 Å². The molecular formula is C16H13N3O2S. The van der Waals surface area contributed by atoms with Gasteiger partial charge < -0.3 is 5.11 Å². The Labute approximate surface area is 132 Å². The van der Waals surface area contributed by atoms with E-state index in [0.717, 1.165) is 5.56 Å². The number of hydrogen-bond donors (Lipinski definition) is 1. The normalized spacial score (nSPS) is 18.4. The summed E-state index contributed by atoms with van der Waals surface area (Å²) in [7, 11) is 1.68. The molecule has 1 aromatic carbocycles. The molecular weight excluding hydrogens is 298 g/mol. The molecule has 1 aliphatic rings. The maximum absolute atomic E-state index is 12.3. The van der Waals surface area contributed by atoms with Crippen LogP contribution >= 0.6 is 11.8 Å². The van der Waals surface area contributed by atoms with Gasteiger partial charge in [-0.3, -0.25) is 9.69 Å². The third kappa shape index (κ3) is 3.01. The molecule has 1 fully saturated rings. The number of thioether (sulfide) groups is 1. The largest absolute Gasteiger partial charge is 0.508 e. The first-order chi connectivity index (χ1) is 10.6. The van der Waals surface area contributed by atoms with Crippen LogP contribution in [0.15, 0.2) is 58.6 Å². The van der Waals surface area contributed by atoms with Crippen LogP contribution in [0.4, 0.5) is 5.82 Å². The summed E-state index contributed by atoms with van der Waals surface area (Å²) in [6, 6.07) is 12.2. The monoisotopic (exact) mass is 311 g/mol. The molecule has 1 saturated heterocycles. The molecule has 3 rings (SSSR count). The van der Waals surface area contributed by atoms with Crippen molar-refractivity contribution in [2.24, 2.45) is 4.99 Å². The van der Waals surface area contributed by atoms with Gasteiger partial charge in [-0.15, -0.1) is 0 Å². The summed E-state index contributed by atoms with van der Waals surface area (Å²) in [5, 5.41) is 10.1. The second-order valence-electron chi connectivity index (χ2n) is 4.65. The van der Waals surface area contributed by atoms with Crippen LogP contribution < -0.4 is 0 Å². The molecule has 2 aromatic rings. The number of pyridine rings is 1. The van der Waals surface area contributed by atoms with Gasteiger partial charge in [0.1, 0.15) is 5.75 Å². The fourth-order valence-corrected chi connectivity index (χ4v) is 2.91. The Morgan fingerprint density at radius 1 is 1.27 bits per heavy atom. The fraction of sp³-hybridized carbons (Fsp3) is 0.0625.